The third kappa shape index (κ3) is 3.14. The van der Waals surface area contributed by atoms with Crippen LogP contribution >= 0.6 is 0 Å². The summed E-state index contributed by atoms with van der Waals surface area (Å²) in [7, 11) is 0. The van der Waals surface area contributed by atoms with Crippen molar-refractivity contribution in [1.29, 1.82) is 0 Å². The summed E-state index contributed by atoms with van der Waals surface area (Å²) >= 11 is 0. The molecule has 0 atom stereocenters. The van der Waals surface area contributed by atoms with E-state index in [1.807, 2.05) is 18.5 Å². The number of aromatic nitrogens is 2. The summed E-state index contributed by atoms with van der Waals surface area (Å²) in [5.74, 6) is 0.831. The lowest BCUT2D eigenvalue weighted by Crippen LogP contribution is -1.99. The Hall–Kier alpha value is -2.94. The van der Waals surface area contributed by atoms with Crippen LogP contribution in [0.5, 0.6) is 0 Å². The Kier molecular flexibility index (Phi) is 4.76. The first-order valence-corrected chi connectivity index (χ1v) is 9.70. The average Bonchev–Trinajstić information content (AvgIpc) is 3.22. The zero-order valence-corrected chi connectivity index (χ0v) is 16.1. The van der Waals surface area contributed by atoms with Crippen LogP contribution in [0.15, 0.2) is 59.4 Å². The summed E-state index contributed by atoms with van der Waals surface area (Å²) in [5, 5.41) is 5.25. The second-order valence-electron chi connectivity index (χ2n) is 6.81. The van der Waals surface area contributed by atoms with Crippen molar-refractivity contribution in [1.82, 2.24) is 10.1 Å². The molecule has 3 heteroatoms. The maximum atomic E-state index is 5.72. The molecule has 27 heavy (non-hydrogen) atoms. The topological polar surface area (TPSA) is 38.9 Å². The summed E-state index contributed by atoms with van der Waals surface area (Å²) in [4.78, 5) is 4.48. The molecule has 0 amide bonds. The van der Waals surface area contributed by atoms with E-state index < -0.39 is 0 Å². The Labute approximate surface area is 160 Å². The Bertz CT molecular complexity index is 1070. The summed E-state index contributed by atoms with van der Waals surface area (Å²) in [6.45, 7) is 6.66. The van der Waals surface area contributed by atoms with Crippen molar-refractivity contribution in [3.63, 3.8) is 0 Å². The summed E-state index contributed by atoms with van der Waals surface area (Å²) in [5.41, 5.74) is 8.44. The van der Waals surface area contributed by atoms with Crippen LogP contribution in [0.25, 0.3) is 33.4 Å². The van der Waals surface area contributed by atoms with Gasteiger partial charge in [0.05, 0.1) is 11.7 Å². The maximum Gasteiger partial charge on any atom is 0.174 e. The zero-order valence-electron chi connectivity index (χ0n) is 16.1. The van der Waals surface area contributed by atoms with Crippen molar-refractivity contribution in [2.24, 2.45) is 0 Å². The second kappa shape index (κ2) is 7.36. The summed E-state index contributed by atoms with van der Waals surface area (Å²) < 4.78 is 5.72. The quantitative estimate of drug-likeness (QED) is 0.424. The van der Waals surface area contributed by atoms with Crippen LogP contribution in [0.1, 0.15) is 37.5 Å². The highest BCUT2D eigenvalue weighted by atomic mass is 16.5. The van der Waals surface area contributed by atoms with E-state index in [1.165, 1.54) is 16.7 Å². The standard InChI is InChI=1S/C24H24N2O/c1-4-16-12-20(13-17(5-2)21(16)6-3)24-22(15-26-27-24)19-10-9-18-8-7-11-25-23(18)14-19/h7-15H,4-6H2,1-3H3. The molecule has 2 aromatic carbocycles. The van der Waals surface area contributed by atoms with Gasteiger partial charge in [-0.3, -0.25) is 4.98 Å². The molecule has 0 aliphatic heterocycles. The fourth-order valence-electron chi connectivity index (χ4n) is 3.90. The van der Waals surface area contributed by atoms with Gasteiger partial charge in [0.1, 0.15) is 0 Å². The first kappa shape index (κ1) is 17.5. The van der Waals surface area contributed by atoms with Gasteiger partial charge in [-0.2, -0.15) is 0 Å². The van der Waals surface area contributed by atoms with Gasteiger partial charge in [-0.1, -0.05) is 44.1 Å². The van der Waals surface area contributed by atoms with E-state index in [4.69, 9.17) is 4.52 Å². The summed E-state index contributed by atoms with van der Waals surface area (Å²) in [6, 6.07) is 14.9. The minimum Gasteiger partial charge on any atom is -0.356 e. The fourth-order valence-corrected chi connectivity index (χ4v) is 3.90. The van der Waals surface area contributed by atoms with Crippen molar-refractivity contribution in [3.8, 4) is 22.5 Å². The van der Waals surface area contributed by atoms with Crippen molar-refractivity contribution >= 4 is 10.9 Å². The number of pyridine rings is 1. The van der Waals surface area contributed by atoms with Gasteiger partial charge in [-0.05, 0) is 65.8 Å². The first-order valence-electron chi connectivity index (χ1n) is 9.70. The highest BCUT2D eigenvalue weighted by Gasteiger charge is 2.16. The van der Waals surface area contributed by atoms with E-state index in [2.05, 4.69) is 67.3 Å². The monoisotopic (exact) mass is 356 g/mol. The van der Waals surface area contributed by atoms with Gasteiger partial charge < -0.3 is 4.52 Å². The minimum atomic E-state index is 0.831. The van der Waals surface area contributed by atoms with Crippen molar-refractivity contribution in [2.45, 2.75) is 40.0 Å². The normalized spacial score (nSPS) is 11.2. The van der Waals surface area contributed by atoms with E-state index in [0.717, 1.165) is 52.6 Å². The smallest absolute Gasteiger partial charge is 0.174 e. The summed E-state index contributed by atoms with van der Waals surface area (Å²) in [6.07, 6.45) is 6.74. The average molecular weight is 356 g/mol. The van der Waals surface area contributed by atoms with E-state index in [0.29, 0.717) is 0 Å². The van der Waals surface area contributed by atoms with Crippen LogP contribution in [0.2, 0.25) is 0 Å². The number of fused-ring (bicyclic) bond motifs is 1. The molecular formula is C24H24N2O. The number of benzene rings is 2. The minimum absolute atomic E-state index is 0.831. The van der Waals surface area contributed by atoms with Gasteiger partial charge in [0.15, 0.2) is 5.76 Å². The van der Waals surface area contributed by atoms with E-state index >= 15 is 0 Å². The zero-order chi connectivity index (χ0) is 18.8. The number of hydrogen-bond acceptors (Lipinski definition) is 3. The van der Waals surface area contributed by atoms with Crippen LogP contribution in [-0.4, -0.2) is 10.1 Å². The predicted octanol–water partition coefficient (Wildman–Crippen LogP) is 6.24. The van der Waals surface area contributed by atoms with Crippen LogP contribution in [-0.2, 0) is 19.3 Å². The third-order valence-corrected chi connectivity index (χ3v) is 5.30. The molecule has 0 fully saturated rings. The van der Waals surface area contributed by atoms with Gasteiger partial charge in [-0.25, -0.2) is 0 Å². The van der Waals surface area contributed by atoms with Gasteiger partial charge >= 0.3 is 0 Å². The molecule has 0 aliphatic carbocycles. The fraction of sp³-hybridized carbons (Fsp3) is 0.250. The van der Waals surface area contributed by atoms with Gasteiger partial charge in [0, 0.05) is 22.7 Å². The van der Waals surface area contributed by atoms with Gasteiger partial charge in [0.2, 0.25) is 0 Å². The lowest BCUT2D eigenvalue weighted by atomic mass is 9.91. The highest BCUT2D eigenvalue weighted by Crippen LogP contribution is 2.35. The number of hydrogen-bond donors (Lipinski definition) is 0. The van der Waals surface area contributed by atoms with Crippen molar-refractivity contribution in [3.05, 3.63) is 71.5 Å². The van der Waals surface area contributed by atoms with Gasteiger partial charge in [0.25, 0.3) is 0 Å². The molecule has 3 nitrogen and oxygen atoms in total. The molecule has 136 valence electrons. The molecule has 4 aromatic rings. The molecule has 2 heterocycles. The molecule has 0 radical (unpaired) electrons. The lowest BCUT2D eigenvalue weighted by Gasteiger charge is -2.14. The third-order valence-electron chi connectivity index (χ3n) is 5.30. The molecule has 0 saturated heterocycles. The number of rotatable bonds is 5. The lowest BCUT2D eigenvalue weighted by molar-refractivity contribution is 0.432. The molecule has 0 spiro atoms. The Balaban J connectivity index is 1.86. The van der Waals surface area contributed by atoms with Gasteiger partial charge in [-0.15, -0.1) is 0 Å². The Morgan fingerprint density at radius 1 is 0.852 bits per heavy atom. The first-order chi connectivity index (χ1) is 13.2. The maximum absolute atomic E-state index is 5.72. The Morgan fingerprint density at radius 2 is 1.63 bits per heavy atom. The second-order valence-corrected chi connectivity index (χ2v) is 6.81. The molecular weight excluding hydrogens is 332 g/mol. The van der Waals surface area contributed by atoms with Crippen LogP contribution < -0.4 is 0 Å². The SMILES string of the molecule is CCc1cc(-c2oncc2-c2ccc3cccnc3c2)cc(CC)c1CC. The molecule has 0 N–H and O–H groups in total. The molecule has 2 aromatic heterocycles. The van der Waals surface area contributed by atoms with Crippen LogP contribution in [0, 0.1) is 0 Å². The number of aryl methyl sites for hydroxylation is 2. The van der Waals surface area contributed by atoms with E-state index in [9.17, 15) is 0 Å². The van der Waals surface area contributed by atoms with Crippen LogP contribution in [0.4, 0.5) is 0 Å². The highest BCUT2D eigenvalue weighted by molar-refractivity contribution is 5.87. The van der Waals surface area contributed by atoms with Crippen molar-refractivity contribution < 1.29 is 4.52 Å². The molecule has 0 bridgehead atoms. The number of nitrogens with zero attached hydrogens (tertiary/aromatic N) is 2. The Morgan fingerprint density at radius 3 is 2.33 bits per heavy atom. The van der Waals surface area contributed by atoms with E-state index in [-0.39, 0.29) is 0 Å². The molecule has 0 saturated carbocycles. The molecule has 0 unspecified atom stereocenters. The largest absolute Gasteiger partial charge is 0.356 e. The van der Waals surface area contributed by atoms with E-state index in [1.54, 1.807) is 0 Å². The molecule has 4 rings (SSSR count). The van der Waals surface area contributed by atoms with Crippen molar-refractivity contribution in [2.75, 3.05) is 0 Å². The predicted molar refractivity (Wildman–Crippen MR) is 111 cm³/mol. The molecule has 0 aliphatic rings. The van der Waals surface area contributed by atoms with Crippen LogP contribution in [0.3, 0.4) is 0 Å².